The van der Waals surface area contributed by atoms with Gasteiger partial charge < -0.3 is 19.9 Å². The first kappa shape index (κ1) is 30.1. The molecule has 228 valence electrons. The van der Waals surface area contributed by atoms with Gasteiger partial charge in [-0.15, -0.1) is 0 Å². The molecule has 0 aliphatic carbocycles. The quantitative estimate of drug-likeness (QED) is 0.246. The maximum absolute atomic E-state index is 13.2. The molecular weight excluding hydrogens is 575 g/mol. The van der Waals surface area contributed by atoms with Crippen molar-refractivity contribution in [3.05, 3.63) is 54.5 Å². The lowest BCUT2D eigenvalue weighted by Gasteiger charge is -2.38. The Kier molecular flexibility index (Phi) is 8.44. The zero-order valence-electron chi connectivity index (χ0n) is 23.3. The largest absolute Gasteiger partial charge is 0.468 e. The zero-order chi connectivity index (χ0) is 30.8. The summed E-state index contributed by atoms with van der Waals surface area (Å²) in [5.41, 5.74) is 3.29. The topological polar surface area (TPSA) is 112 Å². The van der Waals surface area contributed by atoms with E-state index in [2.05, 4.69) is 35.1 Å². The number of aromatic amines is 1. The van der Waals surface area contributed by atoms with Crippen LogP contribution in [0, 0.1) is 0 Å². The Morgan fingerprint density at radius 3 is 2.53 bits per heavy atom. The molecule has 10 nitrogen and oxygen atoms in total. The van der Waals surface area contributed by atoms with Crippen molar-refractivity contribution in [2.24, 2.45) is 0 Å². The van der Waals surface area contributed by atoms with Crippen LogP contribution in [0.15, 0.2) is 48.9 Å². The number of piperazine rings is 1. The molecule has 0 saturated carbocycles. The fourth-order valence-corrected chi connectivity index (χ4v) is 4.80. The summed E-state index contributed by atoms with van der Waals surface area (Å²) in [4.78, 5) is 35.8. The molecule has 1 amide bonds. The molecule has 0 radical (unpaired) electrons. The van der Waals surface area contributed by atoms with Crippen LogP contribution in [0.2, 0.25) is 0 Å². The van der Waals surface area contributed by atoms with Gasteiger partial charge in [0.1, 0.15) is 12.1 Å². The number of benzene rings is 1. The zero-order valence-corrected chi connectivity index (χ0v) is 23.3. The normalized spacial score (nSPS) is 15.5. The van der Waals surface area contributed by atoms with Crippen LogP contribution in [0.5, 0.6) is 5.88 Å². The molecule has 43 heavy (non-hydrogen) atoms. The number of alkyl halides is 5. The third kappa shape index (κ3) is 7.91. The molecule has 15 heteroatoms. The van der Waals surface area contributed by atoms with E-state index in [0.717, 1.165) is 18.8 Å². The lowest BCUT2D eigenvalue weighted by Crippen LogP contribution is -2.50. The minimum atomic E-state index is -4.48. The van der Waals surface area contributed by atoms with Crippen LogP contribution in [-0.2, 0) is 4.79 Å². The van der Waals surface area contributed by atoms with Crippen molar-refractivity contribution < 1.29 is 31.5 Å². The van der Waals surface area contributed by atoms with Gasteiger partial charge in [-0.05, 0) is 43.7 Å². The monoisotopic (exact) mass is 604 g/mol. The molecule has 1 fully saturated rings. The standard InChI is InChI=1S/C28H29F5N8O2/c1-17(40-7-9-41(10-8-40)25(42)14-27(2,29)30)18-5-6-34-23(12-18)39-26-37-20-4-3-19(11-22(20)38-26)21-13-24(36-16-35-21)43-15-28(31,32)33/h3-6,11-13,16-17H,7-10,14-15H2,1-2H3,(H2,34,37,38,39). The Morgan fingerprint density at radius 1 is 1.05 bits per heavy atom. The number of nitrogens with one attached hydrogen (secondary N) is 2. The van der Waals surface area contributed by atoms with Gasteiger partial charge in [-0.3, -0.25) is 9.69 Å². The van der Waals surface area contributed by atoms with Crippen molar-refractivity contribution in [3.8, 4) is 17.1 Å². The van der Waals surface area contributed by atoms with Gasteiger partial charge in [0.05, 0.1) is 23.1 Å². The molecule has 4 heterocycles. The number of hydrogen-bond acceptors (Lipinski definition) is 8. The Bertz CT molecular complexity index is 1580. The SMILES string of the molecule is CC(c1ccnc(Nc2nc3ccc(-c4cc(OCC(F)(F)F)ncn4)cc3[nH]2)c1)N1CCN(C(=O)CC(C)(F)F)CC1. The summed E-state index contributed by atoms with van der Waals surface area (Å²) in [5.74, 6) is -2.77. The van der Waals surface area contributed by atoms with E-state index in [4.69, 9.17) is 4.74 Å². The molecule has 0 bridgehead atoms. The summed E-state index contributed by atoms with van der Waals surface area (Å²) in [7, 11) is 0. The molecule has 3 aromatic heterocycles. The smallest absolute Gasteiger partial charge is 0.422 e. The van der Waals surface area contributed by atoms with Crippen molar-refractivity contribution in [1.29, 1.82) is 0 Å². The molecule has 1 atom stereocenters. The number of aromatic nitrogens is 5. The van der Waals surface area contributed by atoms with E-state index in [1.807, 2.05) is 19.1 Å². The van der Waals surface area contributed by atoms with Crippen LogP contribution >= 0.6 is 0 Å². The third-order valence-electron chi connectivity index (χ3n) is 6.99. The number of carbonyl (C=O) groups is 1. The summed E-state index contributed by atoms with van der Waals surface area (Å²) in [6.45, 7) is 3.21. The number of rotatable bonds is 9. The predicted molar refractivity (Wildman–Crippen MR) is 148 cm³/mol. The number of nitrogens with zero attached hydrogens (tertiary/aromatic N) is 6. The van der Waals surface area contributed by atoms with E-state index in [1.165, 1.54) is 11.0 Å². The molecule has 1 aromatic carbocycles. The fraction of sp³-hybridized carbons (Fsp3) is 0.393. The molecule has 1 saturated heterocycles. The van der Waals surface area contributed by atoms with Crippen molar-refractivity contribution in [2.45, 2.75) is 38.4 Å². The summed E-state index contributed by atoms with van der Waals surface area (Å²) >= 11 is 0. The fourth-order valence-electron chi connectivity index (χ4n) is 4.80. The number of pyridine rings is 1. The highest BCUT2D eigenvalue weighted by Gasteiger charge is 2.31. The number of ether oxygens (including phenoxy) is 1. The first-order valence-corrected chi connectivity index (χ1v) is 13.5. The number of carbonyl (C=O) groups excluding carboxylic acids is 1. The summed E-state index contributed by atoms with van der Waals surface area (Å²) in [6.07, 6.45) is -2.46. The number of anilines is 2. The van der Waals surface area contributed by atoms with Gasteiger partial charge in [-0.2, -0.15) is 13.2 Å². The molecular formula is C28H29F5N8O2. The number of amides is 1. The third-order valence-corrected chi connectivity index (χ3v) is 6.99. The van der Waals surface area contributed by atoms with Gasteiger partial charge in [-0.1, -0.05) is 6.07 Å². The second-order valence-corrected chi connectivity index (χ2v) is 10.4. The number of hydrogen-bond donors (Lipinski definition) is 2. The van der Waals surface area contributed by atoms with Gasteiger partial charge in [0.2, 0.25) is 17.7 Å². The van der Waals surface area contributed by atoms with Gasteiger partial charge in [0.25, 0.3) is 5.92 Å². The van der Waals surface area contributed by atoms with E-state index in [9.17, 15) is 26.7 Å². The van der Waals surface area contributed by atoms with E-state index >= 15 is 0 Å². The van der Waals surface area contributed by atoms with Crippen LogP contribution in [0.4, 0.5) is 33.7 Å². The first-order valence-electron chi connectivity index (χ1n) is 13.5. The number of halogens is 5. The Morgan fingerprint density at radius 2 is 1.81 bits per heavy atom. The van der Waals surface area contributed by atoms with Crippen molar-refractivity contribution in [3.63, 3.8) is 0 Å². The number of imidazole rings is 1. The van der Waals surface area contributed by atoms with Gasteiger partial charge in [0, 0.05) is 50.0 Å². The van der Waals surface area contributed by atoms with Gasteiger partial charge in [-0.25, -0.2) is 28.7 Å². The van der Waals surface area contributed by atoms with Crippen LogP contribution < -0.4 is 10.1 Å². The molecule has 0 spiro atoms. The first-order chi connectivity index (χ1) is 20.3. The van der Waals surface area contributed by atoms with Crippen LogP contribution in [0.25, 0.3) is 22.3 Å². The minimum Gasteiger partial charge on any atom is -0.468 e. The predicted octanol–water partition coefficient (Wildman–Crippen LogP) is 5.35. The molecule has 5 rings (SSSR count). The summed E-state index contributed by atoms with van der Waals surface area (Å²) in [6, 6.07) is 10.4. The summed E-state index contributed by atoms with van der Waals surface area (Å²) < 4.78 is 68.7. The Balaban J connectivity index is 1.23. The van der Waals surface area contributed by atoms with E-state index in [0.29, 0.717) is 60.2 Å². The molecule has 2 N–H and O–H groups in total. The Hall–Kier alpha value is -4.40. The molecule has 1 aliphatic heterocycles. The van der Waals surface area contributed by atoms with E-state index in [-0.39, 0.29) is 11.9 Å². The highest BCUT2D eigenvalue weighted by atomic mass is 19.4. The lowest BCUT2D eigenvalue weighted by atomic mass is 10.1. The highest BCUT2D eigenvalue weighted by molar-refractivity contribution is 5.83. The lowest BCUT2D eigenvalue weighted by molar-refractivity contribution is -0.154. The van der Waals surface area contributed by atoms with Crippen LogP contribution in [0.1, 0.15) is 31.9 Å². The highest BCUT2D eigenvalue weighted by Crippen LogP contribution is 2.28. The van der Waals surface area contributed by atoms with E-state index < -0.39 is 31.0 Å². The average molecular weight is 605 g/mol. The summed E-state index contributed by atoms with van der Waals surface area (Å²) in [5, 5.41) is 3.16. The van der Waals surface area contributed by atoms with E-state index in [1.54, 1.807) is 24.4 Å². The maximum atomic E-state index is 13.2. The molecule has 1 unspecified atom stereocenters. The van der Waals surface area contributed by atoms with Crippen molar-refractivity contribution in [1.82, 2.24) is 34.7 Å². The number of fused-ring (bicyclic) bond motifs is 1. The van der Waals surface area contributed by atoms with Crippen molar-refractivity contribution in [2.75, 3.05) is 38.1 Å². The van der Waals surface area contributed by atoms with Gasteiger partial charge >= 0.3 is 6.18 Å². The average Bonchev–Trinajstić information content (AvgIpc) is 3.36. The molecule has 1 aliphatic rings. The number of H-pyrrole nitrogens is 1. The van der Waals surface area contributed by atoms with Crippen LogP contribution in [-0.4, -0.2) is 85.5 Å². The minimum absolute atomic E-state index is 0.00971. The van der Waals surface area contributed by atoms with Crippen molar-refractivity contribution >= 4 is 28.7 Å². The Labute approximate surface area is 243 Å². The molecule has 4 aromatic rings. The maximum Gasteiger partial charge on any atom is 0.422 e. The second kappa shape index (κ2) is 12.1. The van der Waals surface area contributed by atoms with Crippen LogP contribution in [0.3, 0.4) is 0 Å². The second-order valence-electron chi connectivity index (χ2n) is 10.4. The van der Waals surface area contributed by atoms with Gasteiger partial charge in [0.15, 0.2) is 6.61 Å².